The molecule has 2 N–H and O–H groups in total. The first-order chi connectivity index (χ1) is 13.1. The minimum absolute atomic E-state index is 0.0357. The monoisotopic (exact) mass is 374 g/mol. The summed E-state index contributed by atoms with van der Waals surface area (Å²) in [6.45, 7) is 5.10. The molecule has 3 aromatic rings. The maximum atomic E-state index is 5.58. The Morgan fingerprint density at radius 3 is 2.00 bits per heavy atom. The highest BCUT2D eigenvalue weighted by molar-refractivity contribution is 7.80. The zero-order valence-corrected chi connectivity index (χ0v) is 16.7. The van der Waals surface area contributed by atoms with Crippen LogP contribution in [0.25, 0.3) is 0 Å². The summed E-state index contributed by atoms with van der Waals surface area (Å²) in [6.07, 6.45) is 0.954. The van der Waals surface area contributed by atoms with Crippen LogP contribution in [0, 0.1) is 13.8 Å². The standard InChI is InChI=1S/C24H26N2S/c1-18-13-14-20(19(2)17-18)15-16-25-24(27)26-23(21-9-5-3-6-10-21)22-11-7-4-8-12-22/h3-14,17,23H,15-16H2,1-2H3,(H2,25,26,27). The summed E-state index contributed by atoms with van der Waals surface area (Å²) in [5.41, 5.74) is 6.39. The molecule has 0 atom stereocenters. The Balaban J connectivity index is 1.63. The largest absolute Gasteiger partial charge is 0.362 e. The minimum Gasteiger partial charge on any atom is -0.362 e. The molecule has 0 amide bonds. The lowest BCUT2D eigenvalue weighted by atomic mass is 9.99. The van der Waals surface area contributed by atoms with Crippen LogP contribution in [0.5, 0.6) is 0 Å². The van der Waals surface area contributed by atoms with E-state index in [-0.39, 0.29) is 6.04 Å². The average molecular weight is 375 g/mol. The summed E-state index contributed by atoms with van der Waals surface area (Å²) in [6, 6.07) is 27.5. The van der Waals surface area contributed by atoms with Crippen LogP contribution in [0.2, 0.25) is 0 Å². The molecule has 0 unspecified atom stereocenters. The van der Waals surface area contributed by atoms with Gasteiger partial charge in [0.25, 0.3) is 0 Å². The van der Waals surface area contributed by atoms with Gasteiger partial charge in [0.1, 0.15) is 0 Å². The van der Waals surface area contributed by atoms with Crippen LogP contribution in [-0.4, -0.2) is 11.7 Å². The highest BCUT2D eigenvalue weighted by atomic mass is 32.1. The van der Waals surface area contributed by atoms with Gasteiger partial charge in [-0.2, -0.15) is 0 Å². The average Bonchev–Trinajstić information content (AvgIpc) is 2.69. The van der Waals surface area contributed by atoms with Crippen molar-refractivity contribution in [3.05, 3.63) is 107 Å². The summed E-state index contributed by atoms with van der Waals surface area (Å²) < 4.78 is 0. The topological polar surface area (TPSA) is 24.1 Å². The van der Waals surface area contributed by atoms with Gasteiger partial charge in [-0.05, 0) is 54.7 Å². The fourth-order valence-corrected chi connectivity index (χ4v) is 3.49. The van der Waals surface area contributed by atoms with E-state index in [0.717, 1.165) is 13.0 Å². The van der Waals surface area contributed by atoms with Crippen molar-refractivity contribution in [3.8, 4) is 0 Å². The fraction of sp³-hybridized carbons (Fsp3) is 0.208. The predicted octanol–water partition coefficient (Wildman–Crippen LogP) is 5.10. The third kappa shape index (κ3) is 5.41. The second kappa shape index (κ2) is 9.33. The van der Waals surface area contributed by atoms with Crippen molar-refractivity contribution < 1.29 is 0 Å². The number of nitrogens with one attached hydrogen (secondary N) is 2. The van der Waals surface area contributed by atoms with Gasteiger partial charge < -0.3 is 10.6 Å². The molecule has 0 aliphatic rings. The van der Waals surface area contributed by atoms with E-state index in [9.17, 15) is 0 Å². The first-order valence-corrected chi connectivity index (χ1v) is 9.74. The minimum atomic E-state index is 0.0357. The number of rotatable bonds is 6. The van der Waals surface area contributed by atoms with Gasteiger partial charge in [0.05, 0.1) is 6.04 Å². The third-order valence-corrected chi connectivity index (χ3v) is 4.98. The highest BCUT2D eigenvalue weighted by Crippen LogP contribution is 2.21. The zero-order chi connectivity index (χ0) is 19.1. The quantitative estimate of drug-likeness (QED) is 0.587. The Morgan fingerprint density at radius 2 is 1.44 bits per heavy atom. The molecule has 2 nitrogen and oxygen atoms in total. The summed E-state index contributed by atoms with van der Waals surface area (Å²) >= 11 is 5.58. The molecule has 0 radical (unpaired) electrons. The molecule has 27 heavy (non-hydrogen) atoms. The van der Waals surface area contributed by atoms with Crippen molar-refractivity contribution in [2.45, 2.75) is 26.3 Å². The van der Waals surface area contributed by atoms with Crippen LogP contribution in [0.1, 0.15) is 33.9 Å². The lowest BCUT2D eigenvalue weighted by molar-refractivity contribution is 0.732. The number of thiocarbonyl (C=S) groups is 1. The van der Waals surface area contributed by atoms with Crippen molar-refractivity contribution in [2.24, 2.45) is 0 Å². The third-order valence-electron chi connectivity index (χ3n) is 4.72. The van der Waals surface area contributed by atoms with Gasteiger partial charge in [-0.1, -0.05) is 84.4 Å². The summed E-state index contributed by atoms with van der Waals surface area (Å²) in [7, 11) is 0. The van der Waals surface area contributed by atoms with Crippen LogP contribution in [0.3, 0.4) is 0 Å². The van der Waals surface area contributed by atoms with E-state index in [1.807, 2.05) is 12.1 Å². The van der Waals surface area contributed by atoms with Crippen LogP contribution in [-0.2, 0) is 6.42 Å². The lowest BCUT2D eigenvalue weighted by Crippen LogP contribution is -2.39. The fourth-order valence-electron chi connectivity index (χ4n) is 3.27. The molecular weight excluding hydrogens is 348 g/mol. The van der Waals surface area contributed by atoms with Crippen molar-refractivity contribution >= 4 is 17.3 Å². The van der Waals surface area contributed by atoms with Crippen LogP contribution in [0.4, 0.5) is 0 Å². The van der Waals surface area contributed by atoms with E-state index in [4.69, 9.17) is 12.2 Å². The molecule has 0 heterocycles. The second-order valence-corrected chi connectivity index (χ2v) is 7.24. The SMILES string of the molecule is Cc1ccc(CCNC(=S)NC(c2ccccc2)c2ccccc2)c(C)c1. The Kier molecular flexibility index (Phi) is 6.61. The molecule has 3 aromatic carbocycles. The first kappa shape index (κ1) is 19.1. The molecule has 0 spiro atoms. The molecule has 0 aliphatic heterocycles. The molecule has 3 heteroatoms. The summed E-state index contributed by atoms with van der Waals surface area (Å²) in [5.74, 6) is 0. The summed E-state index contributed by atoms with van der Waals surface area (Å²) in [5, 5.41) is 7.52. The van der Waals surface area contributed by atoms with Crippen molar-refractivity contribution in [1.82, 2.24) is 10.6 Å². The highest BCUT2D eigenvalue weighted by Gasteiger charge is 2.14. The van der Waals surface area contributed by atoms with Crippen molar-refractivity contribution in [3.63, 3.8) is 0 Å². The Morgan fingerprint density at radius 1 is 0.852 bits per heavy atom. The van der Waals surface area contributed by atoms with Gasteiger partial charge >= 0.3 is 0 Å². The van der Waals surface area contributed by atoms with E-state index < -0.39 is 0 Å². The van der Waals surface area contributed by atoms with E-state index in [1.165, 1.54) is 27.8 Å². The smallest absolute Gasteiger partial charge is 0.167 e. The Bertz CT molecular complexity index is 836. The van der Waals surface area contributed by atoms with Gasteiger partial charge in [0.15, 0.2) is 5.11 Å². The summed E-state index contributed by atoms with van der Waals surface area (Å²) in [4.78, 5) is 0. The molecule has 0 fully saturated rings. The van der Waals surface area contributed by atoms with Crippen LogP contribution in [0.15, 0.2) is 78.9 Å². The number of benzene rings is 3. The van der Waals surface area contributed by atoms with E-state index >= 15 is 0 Å². The van der Waals surface area contributed by atoms with Crippen LogP contribution < -0.4 is 10.6 Å². The van der Waals surface area contributed by atoms with Gasteiger partial charge in [-0.25, -0.2) is 0 Å². The zero-order valence-electron chi connectivity index (χ0n) is 15.9. The molecule has 0 bridgehead atoms. The second-order valence-electron chi connectivity index (χ2n) is 6.83. The van der Waals surface area contributed by atoms with Gasteiger partial charge in [0, 0.05) is 6.54 Å². The maximum absolute atomic E-state index is 5.58. The predicted molar refractivity (Wildman–Crippen MR) is 118 cm³/mol. The molecule has 0 aliphatic carbocycles. The molecule has 138 valence electrons. The van der Waals surface area contributed by atoms with Gasteiger partial charge in [-0.15, -0.1) is 0 Å². The molecule has 3 rings (SSSR count). The first-order valence-electron chi connectivity index (χ1n) is 9.34. The normalized spacial score (nSPS) is 10.6. The van der Waals surface area contributed by atoms with Crippen molar-refractivity contribution in [1.29, 1.82) is 0 Å². The van der Waals surface area contributed by atoms with E-state index in [0.29, 0.717) is 5.11 Å². The van der Waals surface area contributed by atoms with Gasteiger partial charge in [-0.3, -0.25) is 0 Å². The van der Waals surface area contributed by atoms with E-state index in [2.05, 4.69) is 91.2 Å². The molecule has 0 saturated carbocycles. The number of hydrogen-bond acceptors (Lipinski definition) is 1. The number of aryl methyl sites for hydroxylation is 2. The van der Waals surface area contributed by atoms with Crippen LogP contribution >= 0.6 is 12.2 Å². The van der Waals surface area contributed by atoms with Gasteiger partial charge in [0.2, 0.25) is 0 Å². The van der Waals surface area contributed by atoms with Crippen molar-refractivity contribution in [2.75, 3.05) is 6.54 Å². The van der Waals surface area contributed by atoms with E-state index in [1.54, 1.807) is 0 Å². The molecule has 0 saturated heterocycles. The lowest BCUT2D eigenvalue weighted by Gasteiger charge is -2.22. The molecule has 0 aromatic heterocycles. The maximum Gasteiger partial charge on any atom is 0.167 e. The number of hydrogen-bond donors (Lipinski definition) is 2. The Hall–Kier alpha value is -2.65. The Labute approximate surface area is 167 Å². The molecular formula is C24H26N2S.